The van der Waals surface area contributed by atoms with E-state index >= 15 is 0 Å². The van der Waals surface area contributed by atoms with Gasteiger partial charge in [0, 0.05) is 0 Å². The highest BCUT2D eigenvalue weighted by atomic mass is 19.4. The van der Waals surface area contributed by atoms with Crippen LogP contribution in [0.15, 0.2) is 72.8 Å². The summed E-state index contributed by atoms with van der Waals surface area (Å²) >= 11 is 0. The molecule has 0 aliphatic rings. The van der Waals surface area contributed by atoms with Crippen LogP contribution >= 0.6 is 0 Å². The molecule has 0 N–H and O–H groups in total. The second-order valence-electron chi connectivity index (χ2n) is 7.31. The summed E-state index contributed by atoms with van der Waals surface area (Å²) in [7, 11) is 0. The Bertz CT molecular complexity index is 1010. The van der Waals surface area contributed by atoms with Crippen molar-refractivity contribution in [2.45, 2.75) is 37.5 Å². The lowest BCUT2D eigenvalue weighted by Gasteiger charge is -2.22. The first-order valence-electron chi connectivity index (χ1n) is 9.78. The molecule has 0 bridgehead atoms. The van der Waals surface area contributed by atoms with Crippen LogP contribution in [0.2, 0.25) is 0 Å². The van der Waals surface area contributed by atoms with Gasteiger partial charge in [-0.15, -0.1) is 0 Å². The molecule has 0 aliphatic heterocycles. The summed E-state index contributed by atoms with van der Waals surface area (Å²) in [4.78, 5) is 0. The van der Waals surface area contributed by atoms with Crippen LogP contribution in [0, 0.1) is 5.82 Å². The van der Waals surface area contributed by atoms with E-state index in [2.05, 4.69) is 0 Å². The van der Waals surface area contributed by atoms with Gasteiger partial charge in [0.2, 0.25) is 0 Å². The molecule has 1 unspecified atom stereocenters. The van der Waals surface area contributed by atoms with Gasteiger partial charge in [0.25, 0.3) is 0 Å². The molecule has 3 rings (SSSR count). The maximum Gasteiger partial charge on any atom is 0.416 e. The number of benzene rings is 3. The van der Waals surface area contributed by atoms with Gasteiger partial charge >= 0.3 is 12.4 Å². The zero-order valence-corrected chi connectivity index (χ0v) is 16.7. The molecule has 32 heavy (non-hydrogen) atoms. The Morgan fingerprint density at radius 3 is 1.91 bits per heavy atom. The molecule has 170 valence electrons. The third-order valence-electron chi connectivity index (χ3n) is 4.94. The predicted molar refractivity (Wildman–Crippen MR) is 106 cm³/mol. The fraction of sp³-hybridized carbons (Fsp3) is 0.250. The van der Waals surface area contributed by atoms with Crippen molar-refractivity contribution in [2.75, 3.05) is 0 Å². The Kier molecular flexibility index (Phi) is 7.11. The second-order valence-corrected chi connectivity index (χ2v) is 7.31. The number of hydrogen-bond donors (Lipinski definition) is 0. The molecule has 0 aliphatic carbocycles. The average molecular weight is 456 g/mol. The number of aryl methyl sites for hydroxylation is 1. The minimum atomic E-state index is -4.70. The summed E-state index contributed by atoms with van der Waals surface area (Å²) < 4.78 is 97.7. The lowest BCUT2D eigenvalue weighted by molar-refractivity contribution is -0.153. The molecule has 8 heteroatoms. The monoisotopic (exact) mass is 456 g/mol. The third kappa shape index (κ3) is 6.48. The van der Waals surface area contributed by atoms with Crippen molar-refractivity contribution in [3.63, 3.8) is 0 Å². The van der Waals surface area contributed by atoms with Gasteiger partial charge in [-0.2, -0.15) is 26.3 Å². The quantitative estimate of drug-likeness (QED) is 0.325. The van der Waals surface area contributed by atoms with Crippen LogP contribution in [0.1, 0.15) is 35.4 Å². The van der Waals surface area contributed by atoms with E-state index in [0.29, 0.717) is 24.0 Å². The van der Waals surface area contributed by atoms with Gasteiger partial charge in [-0.25, -0.2) is 4.39 Å². The van der Waals surface area contributed by atoms with Crippen molar-refractivity contribution in [3.05, 3.63) is 95.3 Å². The zero-order valence-electron chi connectivity index (χ0n) is 16.7. The highest BCUT2D eigenvalue weighted by Crippen LogP contribution is 2.40. The van der Waals surface area contributed by atoms with Gasteiger partial charge in [0.15, 0.2) is 0 Å². The van der Waals surface area contributed by atoms with Crippen LogP contribution in [0.4, 0.5) is 30.7 Å². The Morgan fingerprint density at radius 2 is 1.34 bits per heavy atom. The number of halogens is 7. The Hall–Kier alpha value is -3.03. The molecule has 0 saturated heterocycles. The topological polar surface area (TPSA) is 9.23 Å². The predicted octanol–water partition coefficient (Wildman–Crippen LogP) is 8.31. The molecule has 0 saturated carbocycles. The fourth-order valence-electron chi connectivity index (χ4n) is 3.32. The molecule has 0 heterocycles. The molecule has 0 spiro atoms. The average Bonchev–Trinajstić information content (AvgIpc) is 2.72. The molecule has 0 radical (unpaired) electrons. The molecule has 1 atom stereocenters. The molecule has 3 aromatic carbocycles. The van der Waals surface area contributed by atoms with Crippen molar-refractivity contribution in [2.24, 2.45) is 0 Å². The first-order valence-corrected chi connectivity index (χ1v) is 9.78. The lowest BCUT2D eigenvalue weighted by atomic mass is 9.91. The largest absolute Gasteiger partial charge is 0.457 e. The molecular formula is C24H19F7O. The molecule has 0 aromatic heterocycles. The summed E-state index contributed by atoms with van der Waals surface area (Å²) in [5.74, 6) is -1.45. The van der Waals surface area contributed by atoms with Crippen LogP contribution in [-0.4, -0.2) is 6.18 Å². The standard InChI is InChI=1S/C24H19F7O/c25-19-9-13-21(14-10-19)32-20-11-7-16(8-12-20)3-1-6-22(24(29,30)31)17-4-2-5-18(15-17)23(26,27)28/h2,4-5,7-15,22H,1,3,6H2. The number of rotatable bonds is 7. The molecule has 1 nitrogen and oxygen atoms in total. The van der Waals surface area contributed by atoms with Crippen LogP contribution in [-0.2, 0) is 12.6 Å². The minimum absolute atomic E-state index is 0.137. The summed E-state index contributed by atoms with van der Waals surface area (Å²) in [5.41, 5.74) is -0.724. The smallest absolute Gasteiger partial charge is 0.416 e. The van der Waals surface area contributed by atoms with Crippen LogP contribution in [0.5, 0.6) is 11.5 Å². The number of ether oxygens (including phenoxy) is 1. The number of hydrogen-bond acceptors (Lipinski definition) is 1. The lowest BCUT2D eigenvalue weighted by Crippen LogP contribution is -2.21. The van der Waals surface area contributed by atoms with Gasteiger partial charge in [-0.3, -0.25) is 0 Å². The number of alkyl halides is 6. The first-order chi connectivity index (χ1) is 15.0. The summed E-state index contributed by atoms with van der Waals surface area (Å²) in [6.45, 7) is 0. The maximum absolute atomic E-state index is 13.5. The van der Waals surface area contributed by atoms with E-state index in [9.17, 15) is 30.7 Å². The van der Waals surface area contributed by atoms with Gasteiger partial charge in [-0.05, 0) is 72.9 Å². The van der Waals surface area contributed by atoms with Crippen LogP contribution in [0.3, 0.4) is 0 Å². The van der Waals surface area contributed by atoms with E-state index in [4.69, 9.17) is 4.74 Å². The zero-order chi connectivity index (χ0) is 23.4. The molecule has 3 aromatic rings. The Labute approximate surface area is 180 Å². The fourth-order valence-corrected chi connectivity index (χ4v) is 3.32. The summed E-state index contributed by atoms with van der Waals surface area (Å²) in [6.07, 6.45) is -9.24. The van der Waals surface area contributed by atoms with E-state index in [0.717, 1.165) is 23.8 Å². The SMILES string of the molecule is Fc1ccc(Oc2ccc(CCCC(c3cccc(C(F)(F)F)c3)C(F)(F)F)cc2)cc1. The molecule has 0 fully saturated rings. The van der Waals surface area contributed by atoms with E-state index in [-0.39, 0.29) is 12.8 Å². The van der Waals surface area contributed by atoms with Crippen LogP contribution < -0.4 is 4.74 Å². The normalized spacial score (nSPS) is 13.1. The van der Waals surface area contributed by atoms with Gasteiger partial charge < -0.3 is 4.74 Å². The highest BCUT2D eigenvalue weighted by Gasteiger charge is 2.41. The van der Waals surface area contributed by atoms with Crippen molar-refractivity contribution in [1.82, 2.24) is 0 Å². The summed E-state index contributed by atoms with van der Waals surface area (Å²) in [5, 5.41) is 0. The minimum Gasteiger partial charge on any atom is -0.457 e. The Balaban J connectivity index is 1.62. The third-order valence-corrected chi connectivity index (χ3v) is 4.94. The van der Waals surface area contributed by atoms with Crippen molar-refractivity contribution in [3.8, 4) is 11.5 Å². The van der Waals surface area contributed by atoms with E-state index in [1.165, 1.54) is 24.3 Å². The van der Waals surface area contributed by atoms with E-state index in [1.54, 1.807) is 24.3 Å². The second kappa shape index (κ2) is 9.63. The molecule has 0 amide bonds. The van der Waals surface area contributed by atoms with Gasteiger partial charge in [-0.1, -0.05) is 30.3 Å². The van der Waals surface area contributed by atoms with Crippen molar-refractivity contribution in [1.29, 1.82) is 0 Å². The first kappa shape index (κ1) is 23.6. The maximum atomic E-state index is 13.5. The Morgan fingerprint density at radius 1 is 0.750 bits per heavy atom. The molecular weight excluding hydrogens is 437 g/mol. The van der Waals surface area contributed by atoms with Gasteiger partial charge in [0.05, 0.1) is 11.5 Å². The highest BCUT2D eigenvalue weighted by molar-refractivity contribution is 5.33. The van der Waals surface area contributed by atoms with Crippen LogP contribution in [0.25, 0.3) is 0 Å². The summed E-state index contributed by atoms with van der Waals surface area (Å²) in [6, 6.07) is 15.5. The van der Waals surface area contributed by atoms with E-state index < -0.39 is 35.2 Å². The van der Waals surface area contributed by atoms with Crippen molar-refractivity contribution >= 4 is 0 Å². The van der Waals surface area contributed by atoms with E-state index in [1.807, 2.05) is 0 Å². The van der Waals surface area contributed by atoms with Crippen molar-refractivity contribution < 1.29 is 35.5 Å². The van der Waals surface area contributed by atoms with Gasteiger partial charge in [0.1, 0.15) is 17.3 Å².